The normalized spacial score (nSPS) is 14.6. The van der Waals surface area contributed by atoms with Gasteiger partial charge in [-0.05, 0) is 150 Å². The molecule has 16 N–H and O–H groups in total. The minimum Gasteiger partial charge on any atom is -0.379 e. The number of hydrogen-bond acceptors (Lipinski definition) is 30. The fourth-order valence-corrected chi connectivity index (χ4v) is 9.38. The Bertz CT molecular complexity index is 1520. The topological polar surface area (TPSA) is 387 Å². The van der Waals surface area contributed by atoms with E-state index in [-0.39, 0.29) is 24.4 Å². The fraction of sp³-hybridized carbons (Fsp3) is 1.00. The van der Waals surface area contributed by atoms with E-state index in [0.717, 1.165) is 189 Å². The summed E-state index contributed by atoms with van der Waals surface area (Å²) in [6.45, 7) is 61.8. The van der Waals surface area contributed by atoms with Gasteiger partial charge in [0.05, 0.1) is 90.5 Å². The lowest BCUT2D eigenvalue weighted by atomic mass is 10.1. The fourth-order valence-electron chi connectivity index (χ4n) is 9.38. The second kappa shape index (κ2) is 112. The van der Waals surface area contributed by atoms with Crippen molar-refractivity contribution < 1.29 is 85.3 Å². The summed E-state index contributed by atoms with van der Waals surface area (Å²) in [5.74, 6) is 0.698. The summed E-state index contributed by atoms with van der Waals surface area (Å²) in [6.07, 6.45) is 24.7. The highest BCUT2D eigenvalue weighted by Gasteiger charge is 2.17. The van der Waals surface area contributed by atoms with Gasteiger partial charge in [0.25, 0.3) is 0 Å². The maximum absolute atomic E-state index is 5.63. The Hall–Kier alpha value is -1.20. The first-order valence-electron chi connectivity index (χ1n) is 44.6. The molecule has 5 unspecified atom stereocenters. The van der Waals surface area contributed by atoms with Crippen LogP contribution in [0.15, 0.2) is 0 Å². The first-order chi connectivity index (χ1) is 55.5. The first-order valence-corrected chi connectivity index (χ1v) is 44.6. The number of piperazine rings is 2. The summed E-state index contributed by atoms with van der Waals surface area (Å²) in [5.41, 5.74) is 43.0. The molecule has 0 bridgehead atoms. The van der Waals surface area contributed by atoms with Crippen LogP contribution in [0.25, 0.3) is 0 Å². The number of nitrogens with two attached hydrogens (primary N) is 8. The van der Waals surface area contributed by atoms with Crippen molar-refractivity contribution in [2.24, 2.45) is 51.8 Å². The van der Waals surface area contributed by atoms with E-state index < -0.39 is 0 Å². The average Bonchev–Trinajstić information content (AvgIpc) is 0.922. The number of rotatable bonds is 74. The van der Waals surface area contributed by atoms with Gasteiger partial charge in [-0.1, -0.05) is 114 Å². The number of ether oxygens (including phenoxy) is 18. The Morgan fingerprint density at radius 2 is 0.596 bits per heavy atom. The minimum atomic E-state index is 0.0963. The molecule has 0 radical (unpaired) electrons. The summed E-state index contributed by atoms with van der Waals surface area (Å²) in [6, 6.07) is 0.218. The van der Waals surface area contributed by atoms with Crippen LogP contribution in [0.5, 0.6) is 0 Å². The zero-order valence-electron chi connectivity index (χ0n) is 76.5. The van der Waals surface area contributed by atoms with Gasteiger partial charge < -0.3 is 136 Å². The molecule has 0 aromatic rings. The van der Waals surface area contributed by atoms with Crippen LogP contribution in [0.1, 0.15) is 232 Å². The lowest BCUT2D eigenvalue weighted by molar-refractivity contribution is -0.111. The van der Waals surface area contributed by atoms with Gasteiger partial charge in [-0.3, -0.25) is 14.7 Å². The van der Waals surface area contributed by atoms with Crippen LogP contribution >= 0.6 is 0 Å². The maximum Gasteiger partial charge on any atom is 0.147 e. The molecule has 2 aliphatic heterocycles. The smallest absolute Gasteiger partial charge is 0.147 e. The zero-order valence-corrected chi connectivity index (χ0v) is 76.5. The third-order valence-corrected chi connectivity index (χ3v) is 16.9. The van der Waals surface area contributed by atoms with E-state index in [1.165, 1.54) is 90.5 Å². The van der Waals surface area contributed by atoms with E-state index in [1.807, 2.05) is 27.7 Å². The highest BCUT2D eigenvalue weighted by Crippen LogP contribution is 2.07. The first kappa shape index (κ1) is 124. The molecule has 2 fully saturated rings. The Kier molecular flexibility index (Phi) is 121. The van der Waals surface area contributed by atoms with Gasteiger partial charge in [0.15, 0.2) is 0 Å². The molecule has 0 aromatic heterocycles. The molecule has 0 saturated carbocycles. The van der Waals surface area contributed by atoms with Gasteiger partial charge in [0, 0.05) is 144 Å². The molecule has 2 saturated heterocycles. The van der Waals surface area contributed by atoms with Gasteiger partial charge in [-0.25, -0.2) is 0 Å². The minimum absolute atomic E-state index is 0.0963. The second-order valence-corrected chi connectivity index (χ2v) is 28.8. The van der Waals surface area contributed by atoms with Crippen molar-refractivity contribution in [1.82, 2.24) is 19.6 Å². The van der Waals surface area contributed by atoms with Crippen LogP contribution in [0.3, 0.4) is 0 Å². The summed E-state index contributed by atoms with van der Waals surface area (Å²) < 4.78 is 94.7. The molecule has 0 aromatic carbocycles. The van der Waals surface area contributed by atoms with E-state index in [9.17, 15) is 0 Å². The number of unbranched alkanes of at least 4 members (excludes halogenated alkanes) is 8. The summed E-state index contributed by atoms with van der Waals surface area (Å²) >= 11 is 0. The lowest BCUT2D eigenvalue weighted by Crippen LogP contribution is -2.48. The lowest BCUT2D eigenvalue weighted by Gasteiger charge is -2.34. The molecule has 2 heterocycles. The largest absolute Gasteiger partial charge is 0.379 e. The molecule has 0 aliphatic carbocycles. The van der Waals surface area contributed by atoms with Crippen LogP contribution in [-0.2, 0) is 85.3 Å². The Morgan fingerprint density at radius 1 is 0.237 bits per heavy atom. The second-order valence-electron chi connectivity index (χ2n) is 28.8. The highest BCUT2D eigenvalue weighted by atomic mass is 16.7. The Morgan fingerprint density at radius 3 is 1.02 bits per heavy atom. The molecule has 0 amide bonds. The average molecular weight is 1660 g/mol. The third kappa shape index (κ3) is 117. The quantitative estimate of drug-likeness (QED) is 0.0207. The molecule has 2 rings (SSSR count). The highest BCUT2D eigenvalue weighted by molar-refractivity contribution is 4.73. The SMILES string of the molecule is CC(C)CCOCOCCC(C)N.CCC(C)OCOC(C)CN.CCCC(C)OCOC(C)CCN.CCCCCCCOCOCCCCCCN.CCCCOCOCCCN.CCCN1CCN(CCOCOCCN2CCN(CCN)CC2)CC1.CCCOCCOCOCCOCCN.CCCOCOCCN. The third-order valence-electron chi connectivity index (χ3n) is 16.9. The molecular weight excluding hydrogens is 1460 g/mol. The van der Waals surface area contributed by atoms with Crippen molar-refractivity contribution in [2.75, 3.05) is 284 Å². The zero-order chi connectivity index (χ0) is 85.8. The number of nitrogens with zero attached hydrogens (tertiary/aromatic N) is 4. The van der Waals surface area contributed by atoms with Gasteiger partial charge in [-0.15, -0.1) is 0 Å². The van der Waals surface area contributed by atoms with Crippen LogP contribution in [0.2, 0.25) is 0 Å². The van der Waals surface area contributed by atoms with E-state index >= 15 is 0 Å². The monoisotopic (exact) mass is 1660 g/mol. The van der Waals surface area contributed by atoms with Gasteiger partial charge >= 0.3 is 0 Å². The van der Waals surface area contributed by atoms with E-state index in [1.54, 1.807) is 0 Å². The summed E-state index contributed by atoms with van der Waals surface area (Å²) in [5, 5.41) is 0. The van der Waals surface area contributed by atoms with Crippen molar-refractivity contribution in [1.29, 1.82) is 0 Å². The molecule has 696 valence electrons. The summed E-state index contributed by atoms with van der Waals surface area (Å²) in [7, 11) is 0. The van der Waals surface area contributed by atoms with Crippen molar-refractivity contribution in [3.05, 3.63) is 0 Å². The predicted molar refractivity (Wildman–Crippen MR) is 468 cm³/mol. The standard InChI is InChI=1S/C18H39N5O2.C14H31NO2.C10H23NO4.2C10H23NO2.2C8H19NO2.C6H15NO2/c1-2-4-20-6-10-22(11-7-20)14-16-24-18-25-17-15-23-12-8-21(5-3-19)9-13-23;1-2-3-4-6-9-12-16-14-17-13-10-7-5-8-11-15;1-2-4-12-6-8-14-10-15-9-7-13-5-3-11;1-9(2)4-6-12-8-13-7-5-10(3)11;1-4-5-9(2)12-8-13-10(3)6-7-11;1-4-7(2)10-6-11-8(3)5-9;1-2-3-6-10-8-11-7-4-5-9;1-2-4-8-6-9-5-3-7/h2-19H2,1H3;2-15H2,1H3;2-11H2,1H3;2*9-10H,4-8,11H2,1-3H3;7-8H,4-6,9H2,1-3H3;2-9H2,1H3;2-7H2,1H3. The van der Waals surface area contributed by atoms with Crippen LogP contribution < -0.4 is 45.9 Å². The van der Waals surface area contributed by atoms with E-state index in [0.29, 0.717) is 152 Å². The summed E-state index contributed by atoms with van der Waals surface area (Å²) in [4.78, 5) is 9.94. The Labute approximate surface area is 700 Å². The molecule has 2 aliphatic rings. The van der Waals surface area contributed by atoms with Gasteiger partial charge in [0.2, 0.25) is 0 Å². The molecule has 30 nitrogen and oxygen atoms in total. The van der Waals surface area contributed by atoms with Crippen molar-refractivity contribution in [3.63, 3.8) is 0 Å². The molecule has 0 spiro atoms. The van der Waals surface area contributed by atoms with Gasteiger partial charge in [-0.2, -0.15) is 0 Å². The number of hydrogen-bond donors (Lipinski definition) is 8. The molecule has 30 heteroatoms. The van der Waals surface area contributed by atoms with Crippen molar-refractivity contribution in [3.8, 4) is 0 Å². The predicted octanol–water partition coefficient (Wildman–Crippen LogP) is 9.68. The molecule has 5 atom stereocenters. The Balaban J connectivity index is -0.000000299. The van der Waals surface area contributed by atoms with Crippen LogP contribution in [0.4, 0.5) is 0 Å². The van der Waals surface area contributed by atoms with Crippen molar-refractivity contribution in [2.45, 2.75) is 262 Å². The van der Waals surface area contributed by atoms with Gasteiger partial charge in [0.1, 0.15) is 54.3 Å². The molecular formula is C84H192N12O18. The van der Waals surface area contributed by atoms with Crippen LogP contribution in [-0.4, -0.2) is 334 Å². The van der Waals surface area contributed by atoms with Crippen molar-refractivity contribution >= 4 is 0 Å². The maximum atomic E-state index is 5.63. The molecule has 114 heavy (non-hydrogen) atoms. The van der Waals surface area contributed by atoms with E-state index in [4.69, 9.17) is 131 Å². The van der Waals surface area contributed by atoms with E-state index in [2.05, 4.69) is 88.8 Å². The van der Waals surface area contributed by atoms with Crippen LogP contribution in [0, 0.1) is 5.92 Å².